The van der Waals surface area contributed by atoms with Gasteiger partial charge in [-0.25, -0.2) is 0 Å². The number of nitrogens with zero attached hydrogens (tertiary/aromatic N) is 4. The Morgan fingerprint density at radius 3 is 3.00 bits per heavy atom. The highest BCUT2D eigenvalue weighted by atomic mass is 32.1. The Kier molecular flexibility index (Phi) is 3.28. The van der Waals surface area contributed by atoms with Crippen molar-refractivity contribution in [2.75, 3.05) is 11.4 Å². The molecule has 2 aromatic rings. The van der Waals surface area contributed by atoms with E-state index in [0.717, 1.165) is 0 Å². The van der Waals surface area contributed by atoms with E-state index in [0.29, 0.717) is 30.2 Å². The van der Waals surface area contributed by atoms with Crippen molar-refractivity contribution in [1.82, 2.24) is 9.38 Å². The number of nitro groups is 1. The van der Waals surface area contributed by atoms with Crippen LogP contribution in [0.5, 0.6) is 0 Å². The van der Waals surface area contributed by atoms with Gasteiger partial charge in [-0.05, 0) is 24.7 Å². The second kappa shape index (κ2) is 4.99. The predicted octanol–water partition coefficient (Wildman–Crippen LogP) is 1.99. The van der Waals surface area contributed by atoms with Crippen molar-refractivity contribution in [2.45, 2.75) is 25.8 Å². The van der Waals surface area contributed by atoms with Gasteiger partial charge in [0.1, 0.15) is 6.20 Å². The quantitative estimate of drug-likeness (QED) is 0.687. The summed E-state index contributed by atoms with van der Waals surface area (Å²) in [5.41, 5.74) is 0. The molecule has 8 nitrogen and oxygen atoms in total. The molecule has 0 amide bonds. The van der Waals surface area contributed by atoms with Crippen LogP contribution in [0.3, 0.4) is 0 Å². The number of rotatable bonds is 3. The number of thiazole rings is 1. The van der Waals surface area contributed by atoms with Crippen LogP contribution in [0, 0.1) is 16.0 Å². The van der Waals surface area contributed by atoms with E-state index in [1.165, 1.54) is 15.7 Å². The number of hydrogen-bond donors (Lipinski definition) is 1. The second-order valence-corrected chi connectivity index (χ2v) is 6.05. The van der Waals surface area contributed by atoms with E-state index in [-0.39, 0.29) is 17.8 Å². The minimum atomic E-state index is -0.804. The number of aliphatic carboxylic acids is 1. The summed E-state index contributed by atoms with van der Waals surface area (Å²) in [6, 6.07) is -0.0943. The van der Waals surface area contributed by atoms with Gasteiger partial charge < -0.3 is 20.1 Å². The Balaban J connectivity index is 1.97. The van der Waals surface area contributed by atoms with Crippen molar-refractivity contribution < 1.29 is 14.8 Å². The molecule has 2 unspecified atom stereocenters. The largest absolute Gasteiger partial charge is 0.481 e. The van der Waals surface area contributed by atoms with E-state index in [1.807, 2.05) is 11.8 Å². The minimum absolute atomic E-state index is 0.0492. The Hall–Kier alpha value is -2.16. The van der Waals surface area contributed by atoms with Gasteiger partial charge in [-0.3, -0.25) is 4.79 Å². The highest BCUT2D eigenvalue weighted by Crippen LogP contribution is 2.35. The first-order valence-electron chi connectivity index (χ1n) is 6.58. The first-order valence-corrected chi connectivity index (χ1v) is 7.46. The molecule has 0 radical (unpaired) electrons. The number of piperidine rings is 1. The smallest absolute Gasteiger partial charge is 0.373 e. The van der Waals surface area contributed by atoms with Gasteiger partial charge in [0.05, 0.1) is 5.92 Å². The van der Waals surface area contributed by atoms with E-state index in [9.17, 15) is 14.9 Å². The van der Waals surface area contributed by atoms with Gasteiger partial charge in [0.15, 0.2) is 0 Å². The maximum Gasteiger partial charge on any atom is 0.373 e. The number of aromatic nitrogens is 2. The van der Waals surface area contributed by atoms with Crippen LogP contribution in [-0.2, 0) is 4.79 Å². The third kappa shape index (κ3) is 2.23. The fraction of sp³-hybridized carbons (Fsp3) is 0.500. The van der Waals surface area contributed by atoms with Crippen LogP contribution in [-0.4, -0.2) is 38.0 Å². The molecule has 9 heteroatoms. The molecule has 1 fully saturated rings. The van der Waals surface area contributed by atoms with Gasteiger partial charge in [0.25, 0.3) is 4.96 Å². The third-order valence-corrected chi connectivity index (χ3v) is 4.65. The van der Waals surface area contributed by atoms with Gasteiger partial charge in [0.2, 0.25) is 5.82 Å². The van der Waals surface area contributed by atoms with Gasteiger partial charge in [-0.15, -0.1) is 0 Å². The molecule has 2 atom stereocenters. The number of carboxylic acid groups (broad SMARTS) is 1. The molecular weight excluding hydrogens is 296 g/mol. The summed E-state index contributed by atoms with van der Waals surface area (Å²) in [5, 5.41) is 22.2. The van der Waals surface area contributed by atoms with Gasteiger partial charge in [0, 0.05) is 18.0 Å². The van der Waals surface area contributed by atoms with Crippen LogP contribution in [0.2, 0.25) is 0 Å². The maximum atomic E-state index is 11.3. The summed E-state index contributed by atoms with van der Waals surface area (Å²) in [5.74, 6) is -0.907. The maximum absolute atomic E-state index is 11.3. The lowest BCUT2D eigenvalue weighted by Crippen LogP contribution is -2.43. The number of fused-ring (bicyclic) bond motifs is 1. The van der Waals surface area contributed by atoms with Crippen molar-refractivity contribution in [1.29, 1.82) is 0 Å². The summed E-state index contributed by atoms with van der Waals surface area (Å²) in [4.78, 5) is 28.8. The van der Waals surface area contributed by atoms with E-state index in [1.54, 1.807) is 11.6 Å². The van der Waals surface area contributed by atoms with Gasteiger partial charge >= 0.3 is 11.8 Å². The fourth-order valence-electron chi connectivity index (χ4n) is 2.84. The van der Waals surface area contributed by atoms with Crippen LogP contribution < -0.4 is 4.90 Å². The van der Waals surface area contributed by atoms with Gasteiger partial charge in [-0.1, -0.05) is 11.3 Å². The second-order valence-electron chi connectivity index (χ2n) is 5.17. The first-order chi connectivity index (χ1) is 9.99. The number of carbonyl (C=O) groups is 1. The van der Waals surface area contributed by atoms with Crippen LogP contribution in [0.1, 0.15) is 19.8 Å². The number of hydrogen-bond acceptors (Lipinski definition) is 6. The molecule has 0 aromatic carbocycles. The number of carboxylic acids is 1. The monoisotopic (exact) mass is 310 g/mol. The standard InChI is InChI=1S/C12H14N4O4S/c1-7-6-8(11(17)18)2-3-14(7)9-10(16(19)20)15-4-5-21-12(15)13-9/h4-5,7-8H,2-3,6H2,1H3,(H,17,18). The van der Waals surface area contributed by atoms with Crippen LogP contribution in [0.4, 0.5) is 11.6 Å². The summed E-state index contributed by atoms with van der Waals surface area (Å²) >= 11 is 1.34. The van der Waals surface area contributed by atoms with Crippen molar-refractivity contribution in [2.24, 2.45) is 5.92 Å². The molecule has 3 rings (SSSR count). The molecular formula is C12H14N4O4S. The molecule has 0 saturated carbocycles. The van der Waals surface area contributed by atoms with Crippen LogP contribution in [0.15, 0.2) is 11.6 Å². The van der Waals surface area contributed by atoms with Crippen molar-refractivity contribution in [3.05, 3.63) is 21.7 Å². The summed E-state index contributed by atoms with van der Waals surface area (Å²) in [6.45, 7) is 2.34. The third-order valence-electron chi connectivity index (χ3n) is 3.89. The van der Waals surface area contributed by atoms with E-state index >= 15 is 0 Å². The van der Waals surface area contributed by atoms with E-state index < -0.39 is 10.9 Å². The lowest BCUT2D eigenvalue weighted by Gasteiger charge is -2.35. The van der Waals surface area contributed by atoms with Crippen molar-refractivity contribution >= 4 is 33.9 Å². The first kappa shape index (κ1) is 13.8. The molecule has 1 N–H and O–H groups in total. The lowest BCUT2D eigenvalue weighted by atomic mass is 9.92. The predicted molar refractivity (Wildman–Crippen MR) is 76.9 cm³/mol. The Labute approximate surface area is 123 Å². The molecule has 2 aromatic heterocycles. The SMILES string of the molecule is CC1CC(C(=O)O)CCN1c1nc2sccn2c1[N+](=O)[O-]. The van der Waals surface area contributed by atoms with E-state index in [2.05, 4.69) is 4.98 Å². The lowest BCUT2D eigenvalue weighted by molar-refractivity contribution is -0.389. The number of anilines is 1. The van der Waals surface area contributed by atoms with E-state index in [4.69, 9.17) is 5.11 Å². The Morgan fingerprint density at radius 1 is 1.62 bits per heavy atom. The Bertz CT molecular complexity index is 709. The molecule has 3 heterocycles. The molecule has 1 aliphatic rings. The molecule has 0 spiro atoms. The summed E-state index contributed by atoms with van der Waals surface area (Å²) < 4.78 is 1.47. The van der Waals surface area contributed by atoms with Gasteiger partial charge in [-0.2, -0.15) is 9.38 Å². The molecule has 1 saturated heterocycles. The van der Waals surface area contributed by atoms with Crippen LogP contribution >= 0.6 is 11.3 Å². The zero-order chi connectivity index (χ0) is 15.1. The summed E-state index contributed by atoms with van der Waals surface area (Å²) in [7, 11) is 0. The normalized spacial score (nSPS) is 22.6. The van der Waals surface area contributed by atoms with Crippen molar-refractivity contribution in [3.8, 4) is 0 Å². The molecule has 1 aliphatic heterocycles. The molecule has 21 heavy (non-hydrogen) atoms. The minimum Gasteiger partial charge on any atom is -0.481 e. The molecule has 112 valence electrons. The zero-order valence-electron chi connectivity index (χ0n) is 11.3. The topological polar surface area (TPSA) is 101 Å². The fourth-order valence-corrected chi connectivity index (χ4v) is 3.54. The van der Waals surface area contributed by atoms with Crippen LogP contribution in [0.25, 0.3) is 4.96 Å². The average molecular weight is 310 g/mol. The highest BCUT2D eigenvalue weighted by Gasteiger charge is 2.35. The average Bonchev–Trinajstić information content (AvgIpc) is 2.97. The number of imidazole rings is 1. The van der Waals surface area contributed by atoms with Crippen molar-refractivity contribution in [3.63, 3.8) is 0 Å². The molecule has 0 aliphatic carbocycles. The summed E-state index contributed by atoms with van der Waals surface area (Å²) in [6.07, 6.45) is 2.57. The zero-order valence-corrected chi connectivity index (χ0v) is 12.1. The Morgan fingerprint density at radius 2 is 2.38 bits per heavy atom. The molecule has 0 bridgehead atoms. The highest BCUT2D eigenvalue weighted by molar-refractivity contribution is 7.15.